The molecule has 0 radical (unpaired) electrons. The van der Waals surface area contributed by atoms with E-state index in [1.54, 1.807) is 0 Å². The van der Waals surface area contributed by atoms with Crippen molar-refractivity contribution in [3.05, 3.63) is 33.8 Å². The molecule has 1 aliphatic carbocycles. The van der Waals surface area contributed by atoms with E-state index in [-0.39, 0.29) is 17.3 Å². The van der Waals surface area contributed by atoms with Crippen molar-refractivity contribution >= 4 is 21.7 Å². The van der Waals surface area contributed by atoms with Crippen molar-refractivity contribution < 1.29 is 18.0 Å². The zero-order chi connectivity index (χ0) is 12.6. The van der Waals surface area contributed by atoms with Crippen LogP contribution < -0.4 is 0 Å². The summed E-state index contributed by atoms with van der Waals surface area (Å²) in [4.78, 5) is 11.9. The molecule has 1 aromatic carbocycles. The van der Waals surface area contributed by atoms with Crippen LogP contribution in [0.15, 0.2) is 22.7 Å². The minimum atomic E-state index is -4.41. The van der Waals surface area contributed by atoms with Crippen LogP contribution in [0.5, 0.6) is 0 Å². The molecular formula is C12H10BrF3O. The Balaban J connectivity index is 2.35. The second kappa shape index (κ2) is 4.44. The average molecular weight is 307 g/mol. The lowest BCUT2D eigenvalue weighted by atomic mass is 9.80. The molecule has 1 nitrogen and oxygen atoms in total. The highest BCUT2D eigenvalue weighted by Crippen LogP contribution is 2.35. The van der Waals surface area contributed by atoms with Crippen molar-refractivity contribution in [1.29, 1.82) is 0 Å². The van der Waals surface area contributed by atoms with Gasteiger partial charge in [-0.1, -0.05) is 22.4 Å². The second-order valence-corrected chi connectivity index (χ2v) is 5.04. The first-order valence-corrected chi connectivity index (χ1v) is 6.10. The smallest absolute Gasteiger partial charge is 0.294 e. The van der Waals surface area contributed by atoms with Crippen molar-refractivity contribution in [2.24, 2.45) is 5.92 Å². The fourth-order valence-corrected chi connectivity index (χ4v) is 2.22. The van der Waals surface area contributed by atoms with E-state index in [0.717, 1.165) is 31.4 Å². The molecule has 1 aliphatic rings. The molecule has 0 saturated heterocycles. The number of alkyl halides is 3. The number of hydrogen-bond donors (Lipinski definition) is 0. The number of benzene rings is 1. The topological polar surface area (TPSA) is 17.1 Å². The van der Waals surface area contributed by atoms with Crippen LogP contribution in [0.3, 0.4) is 0 Å². The maximum Gasteiger partial charge on any atom is 0.416 e. The van der Waals surface area contributed by atoms with Crippen LogP contribution in [0.2, 0.25) is 0 Å². The van der Waals surface area contributed by atoms with Crippen LogP contribution in [0.4, 0.5) is 13.2 Å². The highest BCUT2D eigenvalue weighted by Gasteiger charge is 2.33. The molecule has 0 N–H and O–H groups in total. The van der Waals surface area contributed by atoms with Gasteiger partial charge in [0.05, 0.1) is 5.56 Å². The Kier molecular flexibility index (Phi) is 3.30. The van der Waals surface area contributed by atoms with Gasteiger partial charge < -0.3 is 0 Å². The minimum Gasteiger partial charge on any atom is -0.294 e. The van der Waals surface area contributed by atoms with Gasteiger partial charge in [-0.25, -0.2) is 0 Å². The lowest BCUT2D eigenvalue weighted by Gasteiger charge is -2.24. The van der Waals surface area contributed by atoms with Gasteiger partial charge in [0.25, 0.3) is 0 Å². The van der Waals surface area contributed by atoms with Crippen molar-refractivity contribution in [3.8, 4) is 0 Å². The summed E-state index contributed by atoms with van der Waals surface area (Å²) >= 11 is 3.13. The lowest BCUT2D eigenvalue weighted by Crippen LogP contribution is -2.22. The lowest BCUT2D eigenvalue weighted by molar-refractivity contribution is -0.137. The van der Waals surface area contributed by atoms with Gasteiger partial charge in [0.2, 0.25) is 0 Å². The van der Waals surface area contributed by atoms with Crippen LogP contribution in [-0.2, 0) is 6.18 Å². The third-order valence-electron chi connectivity index (χ3n) is 3.04. The van der Waals surface area contributed by atoms with E-state index in [4.69, 9.17) is 0 Å². The summed E-state index contributed by atoms with van der Waals surface area (Å²) in [6.07, 6.45) is -1.87. The van der Waals surface area contributed by atoms with Gasteiger partial charge in [0.1, 0.15) is 0 Å². The van der Waals surface area contributed by atoms with Gasteiger partial charge in [-0.3, -0.25) is 4.79 Å². The highest BCUT2D eigenvalue weighted by atomic mass is 79.9. The highest BCUT2D eigenvalue weighted by molar-refractivity contribution is 9.10. The summed E-state index contributed by atoms with van der Waals surface area (Å²) < 4.78 is 38.0. The summed E-state index contributed by atoms with van der Waals surface area (Å²) in [5, 5.41) is 0. The first-order chi connectivity index (χ1) is 7.89. The van der Waals surface area contributed by atoms with Gasteiger partial charge in [0, 0.05) is 16.0 Å². The number of carbonyl (C=O) groups is 1. The Labute approximate surface area is 105 Å². The Bertz CT molecular complexity index is 450. The zero-order valence-electron chi connectivity index (χ0n) is 8.85. The maximum absolute atomic E-state index is 12.5. The molecule has 1 fully saturated rings. The maximum atomic E-state index is 12.5. The monoisotopic (exact) mass is 306 g/mol. The molecule has 0 amide bonds. The molecule has 0 spiro atoms. The third-order valence-corrected chi connectivity index (χ3v) is 3.73. The summed E-state index contributed by atoms with van der Waals surface area (Å²) in [6, 6.07) is 3.20. The van der Waals surface area contributed by atoms with Gasteiger partial charge in [-0.15, -0.1) is 0 Å². The molecule has 92 valence electrons. The second-order valence-electron chi connectivity index (χ2n) is 4.18. The van der Waals surface area contributed by atoms with Gasteiger partial charge >= 0.3 is 6.18 Å². The molecule has 0 aromatic heterocycles. The Morgan fingerprint density at radius 3 is 2.41 bits per heavy atom. The normalized spacial score (nSPS) is 16.7. The van der Waals surface area contributed by atoms with Crippen LogP contribution in [0.25, 0.3) is 0 Å². The molecule has 17 heavy (non-hydrogen) atoms. The van der Waals surface area contributed by atoms with Crippen LogP contribution in [0.1, 0.15) is 35.2 Å². The van der Waals surface area contributed by atoms with Crippen LogP contribution >= 0.6 is 15.9 Å². The minimum absolute atomic E-state index is 0.102. The van der Waals surface area contributed by atoms with Crippen LogP contribution in [-0.4, -0.2) is 5.78 Å². The quantitative estimate of drug-likeness (QED) is 0.738. The summed E-state index contributed by atoms with van der Waals surface area (Å²) in [5.74, 6) is -0.288. The SMILES string of the molecule is O=C(c1cc(C(F)(F)F)ccc1Br)C1CCC1. The third kappa shape index (κ3) is 2.54. The van der Waals surface area contributed by atoms with E-state index in [1.165, 1.54) is 6.07 Å². The van der Waals surface area contributed by atoms with E-state index < -0.39 is 11.7 Å². The van der Waals surface area contributed by atoms with Crippen molar-refractivity contribution in [3.63, 3.8) is 0 Å². The standard InChI is InChI=1S/C12H10BrF3O/c13-10-5-4-8(12(14,15)16)6-9(10)11(17)7-2-1-3-7/h4-7H,1-3H2. The molecule has 1 saturated carbocycles. The molecule has 0 aliphatic heterocycles. The van der Waals surface area contributed by atoms with Gasteiger partial charge in [-0.05, 0) is 31.0 Å². The number of rotatable bonds is 2. The molecule has 5 heteroatoms. The number of Topliss-reactive ketones (excluding diaryl/α,β-unsaturated/α-hetero) is 1. The Hall–Kier alpha value is -0.840. The van der Waals surface area contributed by atoms with E-state index in [2.05, 4.69) is 15.9 Å². The van der Waals surface area contributed by atoms with E-state index in [0.29, 0.717) is 4.47 Å². The van der Waals surface area contributed by atoms with Gasteiger partial charge in [-0.2, -0.15) is 13.2 Å². The van der Waals surface area contributed by atoms with E-state index in [9.17, 15) is 18.0 Å². The first kappa shape index (κ1) is 12.6. The number of hydrogen-bond acceptors (Lipinski definition) is 1. The number of ketones is 1. The molecule has 0 heterocycles. The molecule has 0 bridgehead atoms. The van der Waals surface area contributed by atoms with Crippen molar-refractivity contribution in [2.75, 3.05) is 0 Å². The molecule has 2 rings (SSSR count). The Morgan fingerprint density at radius 1 is 1.29 bits per heavy atom. The van der Waals surface area contributed by atoms with E-state index >= 15 is 0 Å². The first-order valence-electron chi connectivity index (χ1n) is 5.30. The fourth-order valence-electron chi connectivity index (χ4n) is 1.78. The molecular weight excluding hydrogens is 297 g/mol. The molecule has 0 atom stereocenters. The fraction of sp³-hybridized carbons (Fsp3) is 0.417. The summed E-state index contributed by atoms with van der Waals surface area (Å²) in [6.45, 7) is 0. The predicted octanol–water partition coefficient (Wildman–Crippen LogP) is 4.45. The van der Waals surface area contributed by atoms with E-state index in [1.807, 2.05) is 0 Å². The largest absolute Gasteiger partial charge is 0.416 e. The van der Waals surface area contributed by atoms with Crippen molar-refractivity contribution in [1.82, 2.24) is 0 Å². The number of carbonyl (C=O) groups excluding carboxylic acids is 1. The van der Waals surface area contributed by atoms with Crippen molar-refractivity contribution in [2.45, 2.75) is 25.4 Å². The van der Waals surface area contributed by atoms with Gasteiger partial charge in [0.15, 0.2) is 5.78 Å². The molecule has 1 aromatic rings. The predicted molar refractivity (Wildman–Crippen MR) is 60.8 cm³/mol. The summed E-state index contributed by atoms with van der Waals surface area (Å²) in [7, 11) is 0. The van der Waals surface area contributed by atoms with Crippen LogP contribution in [0, 0.1) is 5.92 Å². The summed E-state index contributed by atoms with van der Waals surface area (Å²) in [5.41, 5.74) is -0.632. The average Bonchev–Trinajstić information content (AvgIpc) is 2.13. The zero-order valence-corrected chi connectivity index (χ0v) is 10.4. The molecule has 0 unspecified atom stereocenters. The Morgan fingerprint density at radius 2 is 1.94 bits per heavy atom. The number of halogens is 4.